The molecule has 3 N–H and O–H groups in total. The van der Waals surface area contributed by atoms with Crippen LogP contribution >= 0.6 is 0 Å². The number of pyridine rings is 1. The fraction of sp³-hybridized carbons (Fsp3) is 0.579. The standard InChI is InChI=1S/C19H25N3O3/c1-17(2,3)14-7-18(14)9-19(25,11-22(10-18)16(23)24)13-8-21-15-12(13)5-4-6-20-15/h4-6,8,14,25H,7,9-11H2,1-3H3,(H,20,21)(H,23,24). The van der Waals surface area contributed by atoms with Gasteiger partial charge in [-0.1, -0.05) is 20.8 Å². The summed E-state index contributed by atoms with van der Waals surface area (Å²) >= 11 is 0. The van der Waals surface area contributed by atoms with Gasteiger partial charge >= 0.3 is 6.09 Å². The monoisotopic (exact) mass is 343 g/mol. The van der Waals surface area contributed by atoms with Crippen LogP contribution in [0.25, 0.3) is 11.0 Å². The lowest BCUT2D eigenvalue weighted by Crippen LogP contribution is -2.53. The van der Waals surface area contributed by atoms with Crippen molar-refractivity contribution in [3.05, 3.63) is 30.1 Å². The lowest BCUT2D eigenvalue weighted by molar-refractivity contribution is -0.0636. The zero-order valence-corrected chi connectivity index (χ0v) is 14.9. The van der Waals surface area contributed by atoms with E-state index in [-0.39, 0.29) is 17.4 Å². The largest absolute Gasteiger partial charge is 0.465 e. The number of hydrogen-bond donors (Lipinski definition) is 3. The summed E-state index contributed by atoms with van der Waals surface area (Å²) in [5, 5.41) is 22.0. The van der Waals surface area contributed by atoms with Gasteiger partial charge in [-0.15, -0.1) is 0 Å². The van der Waals surface area contributed by atoms with Crippen LogP contribution in [0.15, 0.2) is 24.5 Å². The van der Waals surface area contributed by atoms with Crippen LogP contribution in [-0.2, 0) is 5.60 Å². The van der Waals surface area contributed by atoms with E-state index in [1.54, 1.807) is 12.4 Å². The van der Waals surface area contributed by atoms with Crippen LogP contribution in [0.2, 0.25) is 0 Å². The number of rotatable bonds is 1. The second-order valence-corrected chi connectivity index (χ2v) is 8.93. The average molecular weight is 343 g/mol. The third kappa shape index (κ3) is 2.51. The van der Waals surface area contributed by atoms with Gasteiger partial charge in [0.2, 0.25) is 0 Å². The highest BCUT2D eigenvalue weighted by Gasteiger charge is 2.65. The molecule has 6 nitrogen and oxygen atoms in total. The number of amides is 1. The summed E-state index contributed by atoms with van der Waals surface area (Å²) in [7, 11) is 0. The van der Waals surface area contributed by atoms with Gasteiger partial charge in [-0.25, -0.2) is 9.78 Å². The van der Waals surface area contributed by atoms with Crippen LogP contribution in [0, 0.1) is 16.7 Å². The fourth-order valence-corrected chi connectivity index (χ4v) is 5.05. The summed E-state index contributed by atoms with van der Waals surface area (Å²) in [4.78, 5) is 20.5. The van der Waals surface area contributed by atoms with Crippen LogP contribution in [0.3, 0.4) is 0 Å². The Balaban J connectivity index is 1.77. The summed E-state index contributed by atoms with van der Waals surface area (Å²) in [6, 6.07) is 3.76. The smallest absolute Gasteiger partial charge is 0.407 e. The molecule has 6 heteroatoms. The number of β-amino-alcohol motifs (C(OH)–C–C–N with tert-alkyl or cyclic N) is 1. The highest BCUT2D eigenvalue weighted by molar-refractivity contribution is 5.80. The predicted octanol–water partition coefficient (Wildman–Crippen LogP) is 3.19. The molecule has 2 fully saturated rings. The van der Waals surface area contributed by atoms with Crippen LogP contribution in [-0.4, -0.2) is 44.3 Å². The van der Waals surface area contributed by atoms with E-state index in [0.717, 1.165) is 23.0 Å². The van der Waals surface area contributed by atoms with E-state index in [1.807, 2.05) is 12.1 Å². The number of carboxylic acid groups (broad SMARTS) is 1. The second kappa shape index (κ2) is 4.97. The Bertz CT molecular complexity index is 840. The Kier molecular flexibility index (Phi) is 3.26. The Labute approximate surface area is 146 Å². The van der Waals surface area contributed by atoms with Crippen molar-refractivity contribution in [2.75, 3.05) is 13.1 Å². The number of likely N-dealkylation sites (tertiary alicyclic amines) is 1. The van der Waals surface area contributed by atoms with Gasteiger partial charge in [0, 0.05) is 29.9 Å². The van der Waals surface area contributed by atoms with Crippen molar-refractivity contribution in [1.82, 2.24) is 14.9 Å². The van der Waals surface area contributed by atoms with E-state index in [2.05, 4.69) is 30.7 Å². The Hall–Kier alpha value is -2.08. The topological polar surface area (TPSA) is 89.5 Å². The van der Waals surface area contributed by atoms with Gasteiger partial charge in [-0.3, -0.25) is 0 Å². The lowest BCUT2D eigenvalue weighted by atomic mass is 9.74. The van der Waals surface area contributed by atoms with Crippen molar-refractivity contribution in [3.8, 4) is 0 Å². The van der Waals surface area contributed by atoms with E-state index >= 15 is 0 Å². The predicted molar refractivity (Wildman–Crippen MR) is 94.2 cm³/mol. The summed E-state index contributed by atoms with van der Waals surface area (Å²) < 4.78 is 0. The van der Waals surface area contributed by atoms with Gasteiger partial charge in [0.1, 0.15) is 11.2 Å². The Morgan fingerprint density at radius 3 is 2.80 bits per heavy atom. The van der Waals surface area contributed by atoms with Crippen molar-refractivity contribution in [1.29, 1.82) is 0 Å². The fourth-order valence-electron chi connectivity index (χ4n) is 5.05. The normalized spacial score (nSPS) is 32.3. The third-order valence-corrected chi connectivity index (χ3v) is 6.06. The molecule has 1 aliphatic carbocycles. The first kappa shape index (κ1) is 16.4. The molecule has 1 amide bonds. The number of aliphatic hydroxyl groups is 1. The molecule has 0 bridgehead atoms. The molecule has 3 heterocycles. The average Bonchev–Trinajstić information content (AvgIpc) is 3.04. The molecule has 3 atom stereocenters. The molecule has 134 valence electrons. The van der Waals surface area contributed by atoms with Crippen molar-refractivity contribution < 1.29 is 15.0 Å². The highest BCUT2D eigenvalue weighted by Crippen LogP contribution is 2.67. The molecule has 1 saturated heterocycles. The summed E-state index contributed by atoms with van der Waals surface area (Å²) in [6.07, 6.45) is 4.08. The molecule has 1 aliphatic heterocycles. The molecular weight excluding hydrogens is 318 g/mol. The Morgan fingerprint density at radius 2 is 2.16 bits per heavy atom. The van der Waals surface area contributed by atoms with Crippen molar-refractivity contribution in [2.24, 2.45) is 16.7 Å². The SMILES string of the molecule is CC(C)(C)C1CC12CN(C(=O)O)CC(O)(c1c[nH]c3ncccc13)C2. The van der Waals surface area contributed by atoms with Gasteiger partial charge in [0.25, 0.3) is 0 Å². The van der Waals surface area contributed by atoms with E-state index < -0.39 is 11.7 Å². The van der Waals surface area contributed by atoms with Crippen molar-refractivity contribution in [3.63, 3.8) is 0 Å². The summed E-state index contributed by atoms with van der Waals surface area (Å²) in [6.45, 7) is 7.19. The number of fused-ring (bicyclic) bond motifs is 1. The molecule has 0 aromatic carbocycles. The maximum absolute atomic E-state index is 11.7. The number of aromatic amines is 1. The van der Waals surface area contributed by atoms with Crippen LogP contribution in [0.5, 0.6) is 0 Å². The maximum Gasteiger partial charge on any atom is 0.407 e. The molecule has 2 aliphatic rings. The molecule has 4 rings (SSSR count). The van der Waals surface area contributed by atoms with Gasteiger partial charge in [0.05, 0.1) is 6.54 Å². The van der Waals surface area contributed by atoms with Gasteiger partial charge in [0.15, 0.2) is 0 Å². The van der Waals surface area contributed by atoms with E-state index in [4.69, 9.17) is 0 Å². The summed E-state index contributed by atoms with van der Waals surface area (Å²) in [5.74, 6) is 0.414. The third-order valence-electron chi connectivity index (χ3n) is 6.06. The number of H-pyrrole nitrogens is 1. The van der Waals surface area contributed by atoms with Crippen molar-refractivity contribution >= 4 is 17.1 Å². The van der Waals surface area contributed by atoms with Gasteiger partial charge in [-0.05, 0) is 41.7 Å². The first-order valence-electron chi connectivity index (χ1n) is 8.78. The van der Waals surface area contributed by atoms with Gasteiger partial charge in [-0.2, -0.15) is 0 Å². The second-order valence-electron chi connectivity index (χ2n) is 8.93. The number of nitrogens with one attached hydrogen (secondary N) is 1. The minimum absolute atomic E-state index is 0.1000. The van der Waals surface area contributed by atoms with E-state index in [0.29, 0.717) is 18.9 Å². The van der Waals surface area contributed by atoms with E-state index in [9.17, 15) is 15.0 Å². The number of nitrogens with zero attached hydrogens (tertiary/aromatic N) is 2. The van der Waals surface area contributed by atoms with Crippen LogP contribution in [0.4, 0.5) is 4.79 Å². The van der Waals surface area contributed by atoms with Crippen LogP contribution in [0.1, 0.15) is 39.2 Å². The molecule has 2 aromatic heterocycles. The van der Waals surface area contributed by atoms with Gasteiger partial charge < -0.3 is 20.1 Å². The number of piperidine rings is 1. The van der Waals surface area contributed by atoms with E-state index in [1.165, 1.54) is 4.90 Å². The zero-order valence-electron chi connectivity index (χ0n) is 14.9. The number of aromatic nitrogens is 2. The number of hydrogen-bond acceptors (Lipinski definition) is 3. The highest BCUT2D eigenvalue weighted by atomic mass is 16.4. The molecule has 2 aromatic rings. The zero-order chi connectivity index (χ0) is 18.0. The van der Waals surface area contributed by atoms with Crippen molar-refractivity contribution in [2.45, 2.75) is 39.2 Å². The molecule has 25 heavy (non-hydrogen) atoms. The minimum atomic E-state index is -1.20. The molecule has 3 unspecified atom stereocenters. The number of carbonyl (C=O) groups is 1. The Morgan fingerprint density at radius 1 is 1.40 bits per heavy atom. The molecular formula is C19H25N3O3. The summed E-state index contributed by atoms with van der Waals surface area (Å²) in [5.41, 5.74) is 0.230. The first-order chi connectivity index (χ1) is 11.6. The molecule has 0 radical (unpaired) electrons. The maximum atomic E-state index is 11.7. The molecule has 1 spiro atoms. The quantitative estimate of drug-likeness (QED) is 0.742. The lowest BCUT2D eigenvalue weighted by Gasteiger charge is -2.44. The minimum Gasteiger partial charge on any atom is -0.465 e. The van der Waals surface area contributed by atoms with Crippen LogP contribution < -0.4 is 0 Å². The molecule has 1 saturated carbocycles. The first-order valence-corrected chi connectivity index (χ1v) is 8.78.